The van der Waals surface area contributed by atoms with E-state index < -0.39 is 17.7 Å². The van der Waals surface area contributed by atoms with E-state index in [4.69, 9.17) is 21.6 Å². The Kier molecular flexibility index (Phi) is 3.12. The van der Waals surface area contributed by atoms with Gasteiger partial charge in [-0.25, -0.2) is 0 Å². The highest BCUT2D eigenvalue weighted by Crippen LogP contribution is 2.50. The van der Waals surface area contributed by atoms with E-state index in [1.54, 1.807) is 30.4 Å². The average Bonchev–Trinajstić information content (AvgIpc) is 2.85. The van der Waals surface area contributed by atoms with Crippen molar-refractivity contribution in [3.05, 3.63) is 51.6 Å². The van der Waals surface area contributed by atoms with Crippen LogP contribution in [0.2, 0.25) is 5.02 Å². The molecule has 2 aliphatic rings. The zero-order chi connectivity index (χ0) is 15.2. The van der Waals surface area contributed by atoms with Gasteiger partial charge in [0.05, 0.1) is 12.5 Å². The Hall–Kier alpha value is -2.09. The normalized spacial score (nSPS) is 25.0. The molecule has 2 aliphatic carbocycles. The van der Waals surface area contributed by atoms with Crippen molar-refractivity contribution in [1.82, 2.24) is 0 Å². The average molecular weight is 302 g/mol. The molecule has 0 bridgehead atoms. The fraction of sp³-hybridized carbons (Fsp3) is 0.250. The molecule has 0 fully saturated rings. The molecule has 21 heavy (non-hydrogen) atoms. The lowest BCUT2D eigenvalue weighted by Crippen LogP contribution is -2.38. The first-order chi connectivity index (χ1) is 9.96. The first-order valence-corrected chi connectivity index (χ1v) is 6.84. The summed E-state index contributed by atoms with van der Waals surface area (Å²) < 4.78 is 5.20. The lowest BCUT2D eigenvalue weighted by Gasteiger charge is -2.29. The van der Waals surface area contributed by atoms with Crippen LogP contribution >= 0.6 is 11.6 Å². The van der Waals surface area contributed by atoms with E-state index in [1.165, 1.54) is 6.92 Å². The molecule has 0 radical (unpaired) electrons. The largest absolute Gasteiger partial charge is 0.454 e. The van der Waals surface area contributed by atoms with Crippen LogP contribution in [-0.2, 0) is 21.6 Å². The fourth-order valence-corrected chi connectivity index (χ4v) is 3.17. The molecule has 0 saturated carbocycles. The molecule has 2 atom stereocenters. The van der Waals surface area contributed by atoms with Gasteiger partial charge in [0.1, 0.15) is 0 Å². The van der Waals surface area contributed by atoms with Crippen LogP contribution in [0, 0.1) is 11.3 Å². The summed E-state index contributed by atoms with van der Waals surface area (Å²) in [6.45, 7) is 1.30. The van der Waals surface area contributed by atoms with Crippen LogP contribution in [-0.4, -0.2) is 17.2 Å². The maximum atomic E-state index is 11.2. The summed E-state index contributed by atoms with van der Waals surface area (Å²) in [6.07, 6.45) is 4.59. The van der Waals surface area contributed by atoms with Gasteiger partial charge in [-0.05, 0) is 29.4 Å². The van der Waals surface area contributed by atoms with Gasteiger partial charge in [0.25, 0.3) is 0 Å². The number of hydrogen-bond acceptors (Lipinski definition) is 4. The lowest BCUT2D eigenvalue weighted by molar-refractivity contribution is -0.153. The summed E-state index contributed by atoms with van der Waals surface area (Å²) in [5.41, 5.74) is 1.22. The predicted molar refractivity (Wildman–Crippen MR) is 77.3 cm³/mol. The molecular weight excluding hydrogens is 290 g/mol. The number of aliphatic hydroxyl groups is 1. The molecule has 0 amide bonds. The van der Waals surface area contributed by atoms with E-state index in [1.807, 2.05) is 0 Å². The van der Waals surface area contributed by atoms with Crippen LogP contribution in [0.1, 0.15) is 23.6 Å². The third kappa shape index (κ3) is 1.98. The summed E-state index contributed by atoms with van der Waals surface area (Å²) in [5, 5.41) is 20.4. The molecule has 0 heterocycles. The second-order valence-electron chi connectivity index (χ2n) is 5.13. The minimum Gasteiger partial charge on any atom is -0.454 e. The first-order valence-electron chi connectivity index (χ1n) is 6.46. The molecule has 0 spiro atoms. The van der Waals surface area contributed by atoms with Crippen molar-refractivity contribution in [3.63, 3.8) is 0 Å². The monoisotopic (exact) mass is 301 g/mol. The number of fused-ring (bicyclic) bond motifs is 3. The molecule has 4 nitrogen and oxygen atoms in total. The van der Waals surface area contributed by atoms with Gasteiger partial charge < -0.3 is 9.84 Å². The third-order valence-electron chi connectivity index (χ3n) is 3.78. The highest BCUT2D eigenvalue weighted by molar-refractivity contribution is 6.32. The minimum absolute atomic E-state index is 0.198. The van der Waals surface area contributed by atoms with Crippen molar-refractivity contribution in [2.45, 2.75) is 25.0 Å². The number of benzene rings is 1. The van der Waals surface area contributed by atoms with Crippen molar-refractivity contribution in [2.24, 2.45) is 0 Å². The number of halogens is 1. The van der Waals surface area contributed by atoms with Crippen LogP contribution in [0.15, 0.2) is 29.9 Å². The van der Waals surface area contributed by atoms with Gasteiger partial charge in [-0.15, -0.1) is 0 Å². The Labute approximate surface area is 126 Å². The number of ether oxygens (including phenoxy) is 1. The topological polar surface area (TPSA) is 70.3 Å². The summed E-state index contributed by atoms with van der Waals surface area (Å²) >= 11 is 6.24. The summed E-state index contributed by atoms with van der Waals surface area (Å²) in [5.74, 6) is -0.466. The van der Waals surface area contributed by atoms with Gasteiger partial charge in [-0.1, -0.05) is 23.7 Å². The maximum absolute atomic E-state index is 11.2. The number of rotatable bonds is 2. The molecule has 1 N–H and O–H groups in total. The lowest BCUT2D eigenvalue weighted by atomic mass is 9.88. The third-order valence-corrected chi connectivity index (χ3v) is 4.09. The van der Waals surface area contributed by atoms with Crippen LogP contribution in [0.4, 0.5) is 0 Å². The van der Waals surface area contributed by atoms with Crippen molar-refractivity contribution >= 4 is 23.6 Å². The molecule has 0 saturated heterocycles. The highest BCUT2D eigenvalue weighted by Gasteiger charge is 2.50. The number of nitriles is 1. The number of nitrogens with zero attached hydrogens (tertiary/aromatic N) is 1. The van der Waals surface area contributed by atoms with E-state index in [0.717, 1.165) is 5.56 Å². The van der Waals surface area contributed by atoms with Gasteiger partial charge in [-0.2, -0.15) is 5.26 Å². The van der Waals surface area contributed by atoms with Gasteiger partial charge in [0.2, 0.25) is 0 Å². The Bertz CT molecular complexity index is 745. The van der Waals surface area contributed by atoms with Crippen molar-refractivity contribution in [3.8, 4) is 6.07 Å². The predicted octanol–water partition coefficient (Wildman–Crippen LogP) is 2.49. The Morgan fingerprint density at radius 3 is 3.00 bits per heavy atom. The van der Waals surface area contributed by atoms with E-state index in [0.29, 0.717) is 21.7 Å². The molecule has 3 rings (SSSR count). The van der Waals surface area contributed by atoms with Crippen LogP contribution < -0.4 is 0 Å². The molecule has 0 aromatic heterocycles. The maximum Gasteiger partial charge on any atom is 0.303 e. The van der Waals surface area contributed by atoms with E-state index in [-0.39, 0.29) is 6.42 Å². The van der Waals surface area contributed by atoms with Gasteiger partial charge in [0.15, 0.2) is 11.7 Å². The van der Waals surface area contributed by atoms with E-state index in [9.17, 15) is 9.90 Å². The summed E-state index contributed by atoms with van der Waals surface area (Å²) in [7, 11) is 0. The van der Waals surface area contributed by atoms with Crippen molar-refractivity contribution in [1.29, 1.82) is 5.26 Å². The SMILES string of the molecule is CC(=O)OC1C=CC2=Cc3c(Cl)cc(CC#N)cc3C21O. The number of esters is 1. The van der Waals surface area contributed by atoms with E-state index in [2.05, 4.69) is 6.07 Å². The Morgan fingerprint density at radius 2 is 2.33 bits per heavy atom. The van der Waals surface area contributed by atoms with Crippen LogP contribution in [0.5, 0.6) is 0 Å². The Balaban J connectivity index is 2.12. The second kappa shape index (κ2) is 4.73. The molecule has 5 heteroatoms. The first kappa shape index (κ1) is 13.9. The van der Waals surface area contributed by atoms with Crippen LogP contribution in [0.25, 0.3) is 6.08 Å². The quantitative estimate of drug-likeness (QED) is 0.852. The molecule has 1 aromatic rings. The number of carbonyl (C=O) groups excluding carboxylic acids is 1. The van der Waals surface area contributed by atoms with Gasteiger partial charge in [-0.3, -0.25) is 4.79 Å². The molecule has 106 valence electrons. The van der Waals surface area contributed by atoms with Crippen molar-refractivity contribution in [2.75, 3.05) is 0 Å². The smallest absolute Gasteiger partial charge is 0.303 e. The second-order valence-corrected chi connectivity index (χ2v) is 5.54. The van der Waals surface area contributed by atoms with Gasteiger partial charge >= 0.3 is 5.97 Å². The number of hydrogen-bond donors (Lipinski definition) is 1. The number of carbonyl (C=O) groups is 1. The van der Waals surface area contributed by atoms with Crippen molar-refractivity contribution < 1.29 is 14.6 Å². The van der Waals surface area contributed by atoms with Gasteiger partial charge in [0, 0.05) is 23.1 Å². The van der Waals surface area contributed by atoms with Crippen LogP contribution in [0.3, 0.4) is 0 Å². The van der Waals surface area contributed by atoms with E-state index >= 15 is 0 Å². The summed E-state index contributed by atoms with van der Waals surface area (Å²) in [6, 6.07) is 5.53. The minimum atomic E-state index is -1.42. The molecule has 2 unspecified atom stereocenters. The fourth-order valence-electron chi connectivity index (χ4n) is 2.88. The molecular formula is C16H12ClNO3. The molecule has 1 aromatic carbocycles. The highest BCUT2D eigenvalue weighted by atomic mass is 35.5. The summed E-state index contributed by atoms with van der Waals surface area (Å²) in [4.78, 5) is 11.2. The zero-order valence-electron chi connectivity index (χ0n) is 11.3. The molecule has 0 aliphatic heterocycles. The standard InChI is InChI=1S/C16H12ClNO3/c1-9(19)21-15-3-2-11-8-12-13(16(11,15)20)6-10(4-5-18)7-14(12)17/h2-3,6-8,15,20H,4H2,1H3. The Morgan fingerprint density at radius 1 is 1.57 bits per heavy atom. The zero-order valence-corrected chi connectivity index (χ0v) is 12.0.